The van der Waals surface area contributed by atoms with Crippen LogP contribution in [-0.2, 0) is 11.8 Å². The fourth-order valence-corrected chi connectivity index (χ4v) is 5.32. The molecule has 2 aliphatic heterocycles. The second kappa shape index (κ2) is 6.70. The summed E-state index contributed by atoms with van der Waals surface area (Å²) in [7, 11) is 0. The highest BCUT2D eigenvalue weighted by atomic mass is 16.2. The van der Waals surface area contributed by atoms with Crippen LogP contribution in [0.25, 0.3) is 0 Å². The molecule has 27 heavy (non-hydrogen) atoms. The molecule has 1 aliphatic carbocycles. The van der Waals surface area contributed by atoms with Gasteiger partial charge in [0.15, 0.2) is 0 Å². The van der Waals surface area contributed by atoms with E-state index in [0.717, 1.165) is 57.4 Å². The van der Waals surface area contributed by atoms with Crippen LogP contribution in [0.4, 0.5) is 5.69 Å². The van der Waals surface area contributed by atoms with Crippen molar-refractivity contribution in [1.82, 2.24) is 15.1 Å². The summed E-state index contributed by atoms with van der Waals surface area (Å²) in [6, 6.07) is 8.29. The molecular formula is C22H28N4O. The molecule has 1 aromatic carbocycles. The fourth-order valence-electron chi connectivity index (χ4n) is 5.32. The topological polar surface area (TPSA) is 52.2 Å². The normalized spacial score (nSPS) is 25.0. The van der Waals surface area contributed by atoms with E-state index in [2.05, 4.69) is 32.1 Å². The number of likely N-dealkylation sites (tertiary alicyclic amines) is 1. The maximum Gasteiger partial charge on any atom is 0.253 e. The Morgan fingerprint density at radius 1 is 1.00 bits per heavy atom. The number of piperidine rings is 2. The number of amides is 1. The highest BCUT2D eigenvalue weighted by Crippen LogP contribution is 2.44. The molecule has 0 bridgehead atoms. The van der Waals surface area contributed by atoms with Gasteiger partial charge in [-0.2, -0.15) is 5.10 Å². The summed E-state index contributed by atoms with van der Waals surface area (Å²) in [4.78, 5) is 17.7. The summed E-state index contributed by atoms with van der Waals surface area (Å²) in [5.41, 5.74) is 4.78. The second-order valence-corrected chi connectivity index (χ2v) is 8.48. The minimum absolute atomic E-state index is 0.0908. The molecule has 1 N–H and O–H groups in total. The molecule has 1 atom stereocenters. The van der Waals surface area contributed by atoms with Gasteiger partial charge in [-0.25, -0.2) is 0 Å². The molecule has 1 amide bonds. The number of aromatic amines is 1. The number of carbonyl (C=O) groups excluding carboxylic acids is 1. The average Bonchev–Trinajstić information content (AvgIpc) is 3.33. The van der Waals surface area contributed by atoms with E-state index in [0.29, 0.717) is 0 Å². The molecule has 1 aromatic heterocycles. The molecule has 1 spiro atoms. The zero-order valence-corrected chi connectivity index (χ0v) is 15.9. The second-order valence-electron chi connectivity index (χ2n) is 8.48. The first-order valence-corrected chi connectivity index (χ1v) is 10.4. The number of aromatic nitrogens is 2. The van der Waals surface area contributed by atoms with Gasteiger partial charge in [0.05, 0.1) is 6.20 Å². The molecule has 3 heterocycles. The molecule has 1 unspecified atom stereocenters. The van der Waals surface area contributed by atoms with Crippen LogP contribution in [0, 0.1) is 0 Å². The van der Waals surface area contributed by atoms with Crippen molar-refractivity contribution < 1.29 is 4.79 Å². The molecule has 2 aromatic rings. The van der Waals surface area contributed by atoms with Crippen LogP contribution >= 0.6 is 0 Å². The van der Waals surface area contributed by atoms with E-state index < -0.39 is 0 Å². The number of fused-ring (bicyclic) bond motifs is 2. The maximum absolute atomic E-state index is 13.2. The van der Waals surface area contributed by atoms with Gasteiger partial charge in [0.2, 0.25) is 0 Å². The molecule has 2 saturated heterocycles. The zero-order chi connectivity index (χ0) is 18.3. The molecule has 0 radical (unpaired) electrons. The molecule has 0 saturated carbocycles. The summed E-state index contributed by atoms with van der Waals surface area (Å²) in [5, 5.41) is 7.47. The van der Waals surface area contributed by atoms with Crippen molar-refractivity contribution in [2.75, 3.05) is 31.1 Å². The number of H-pyrrole nitrogens is 1. The van der Waals surface area contributed by atoms with Crippen molar-refractivity contribution in [3.63, 3.8) is 0 Å². The zero-order valence-electron chi connectivity index (χ0n) is 15.9. The van der Waals surface area contributed by atoms with E-state index in [-0.39, 0.29) is 11.3 Å². The van der Waals surface area contributed by atoms with Crippen molar-refractivity contribution >= 4 is 11.6 Å². The number of hydrogen-bond acceptors (Lipinski definition) is 3. The summed E-state index contributed by atoms with van der Waals surface area (Å²) in [6.07, 6.45) is 10.3. The Balaban J connectivity index is 1.32. The summed E-state index contributed by atoms with van der Waals surface area (Å²) in [6.45, 7) is 3.94. The average molecular weight is 364 g/mol. The highest BCUT2D eigenvalue weighted by molar-refractivity contribution is 5.94. The lowest BCUT2D eigenvalue weighted by Gasteiger charge is -2.40. The lowest BCUT2D eigenvalue weighted by molar-refractivity contribution is 0.0633. The summed E-state index contributed by atoms with van der Waals surface area (Å²) in [5.74, 6) is 0.173. The van der Waals surface area contributed by atoms with E-state index >= 15 is 0 Å². The number of nitrogens with zero attached hydrogens (tertiary/aromatic N) is 3. The van der Waals surface area contributed by atoms with Crippen molar-refractivity contribution in [2.45, 2.75) is 50.4 Å². The molecule has 3 aliphatic rings. The van der Waals surface area contributed by atoms with Gasteiger partial charge in [-0.05, 0) is 74.8 Å². The molecule has 5 nitrogen and oxygen atoms in total. The van der Waals surface area contributed by atoms with E-state index in [9.17, 15) is 4.79 Å². The third-order valence-electron chi connectivity index (χ3n) is 6.82. The third-order valence-corrected chi connectivity index (χ3v) is 6.82. The molecule has 2 fully saturated rings. The summed E-state index contributed by atoms with van der Waals surface area (Å²) < 4.78 is 0. The van der Waals surface area contributed by atoms with Crippen molar-refractivity contribution in [1.29, 1.82) is 0 Å². The minimum atomic E-state index is 0.0908. The molecule has 142 valence electrons. The predicted molar refractivity (Wildman–Crippen MR) is 106 cm³/mol. The Bertz CT molecular complexity index is 821. The molecular weight excluding hydrogens is 336 g/mol. The quantitative estimate of drug-likeness (QED) is 0.887. The molecule has 5 heteroatoms. The minimum Gasteiger partial charge on any atom is -0.372 e. The number of anilines is 1. The first-order chi connectivity index (χ1) is 13.3. The number of hydrogen-bond donors (Lipinski definition) is 1. The Hall–Kier alpha value is -2.30. The van der Waals surface area contributed by atoms with Gasteiger partial charge in [0, 0.05) is 48.5 Å². The number of nitrogens with one attached hydrogen (secondary N) is 1. The van der Waals surface area contributed by atoms with Gasteiger partial charge in [-0.3, -0.25) is 9.89 Å². The van der Waals surface area contributed by atoms with Crippen LogP contribution in [-0.4, -0.2) is 47.2 Å². The van der Waals surface area contributed by atoms with Crippen LogP contribution in [0.2, 0.25) is 0 Å². The van der Waals surface area contributed by atoms with Crippen LogP contribution in [0.5, 0.6) is 0 Å². The van der Waals surface area contributed by atoms with Crippen molar-refractivity contribution in [3.8, 4) is 0 Å². The lowest BCUT2D eigenvalue weighted by atomic mass is 9.77. The van der Waals surface area contributed by atoms with E-state index in [1.165, 1.54) is 36.2 Å². The largest absolute Gasteiger partial charge is 0.372 e. The Kier molecular flexibility index (Phi) is 4.18. The van der Waals surface area contributed by atoms with E-state index in [4.69, 9.17) is 0 Å². The highest BCUT2D eigenvalue weighted by Gasteiger charge is 2.44. The Morgan fingerprint density at radius 2 is 1.81 bits per heavy atom. The van der Waals surface area contributed by atoms with Gasteiger partial charge in [0.1, 0.15) is 0 Å². The number of benzene rings is 1. The van der Waals surface area contributed by atoms with Gasteiger partial charge >= 0.3 is 0 Å². The SMILES string of the molecule is O=C(c1ccc(N2CCCCC2)cc1)N1CCCC2(CCc3cn[nH]c32)C1. The maximum atomic E-state index is 13.2. The monoisotopic (exact) mass is 364 g/mol. The number of rotatable bonds is 2. The third kappa shape index (κ3) is 2.93. The number of carbonyl (C=O) groups is 1. The van der Waals surface area contributed by atoms with E-state index in [1.807, 2.05) is 18.3 Å². The summed E-state index contributed by atoms with van der Waals surface area (Å²) >= 11 is 0. The first-order valence-electron chi connectivity index (χ1n) is 10.4. The van der Waals surface area contributed by atoms with Crippen LogP contribution in [0.15, 0.2) is 30.5 Å². The van der Waals surface area contributed by atoms with Crippen molar-refractivity contribution in [2.24, 2.45) is 0 Å². The van der Waals surface area contributed by atoms with Gasteiger partial charge < -0.3 is 9.80 Å². The fraction of sp³-hybridized carbons (Fsp3) is 0.545. The van der Waals surface area contributed by atoms with Gasteiger partial charge in [0.25, 0.3) is 5.91 Å². The predicted octanol–water partition coefficient (Wildman–Crippen LogP) is 3.52. The van der Waals surface area contributed by atoms with Gasteiger partial charge in [-0.1, -0.05) is 0 Å². The standard InChI is InChI=1S/C22H28N4O/c27-21(17-5-7-19(8-6-17)25-12-2-1-3-13-25)26-14-4-10-22(16-26)11-9-18-15-23-24-20(18)22/h5-8,15H,1-4,9-14,16H2,(H,23,24). The van der Waals surface area contributed by atoms with Crippen LogP contribution in [0.1, 0.15) is 60.1 Å². The first kappa shape index (κ1) is 16.8. The number of aryl methyl sites for hydroxylation is 1. The Morgan fingerprint density at radius 3 is 2.63 bits per heavy atom. The Labute approximate surface area is 160 Å². The molecule has 5 rings (SSSR count). The smallest absolute Gasteiger partial charge is 0.253 e. The lowest BCUT2D eigenvalue weighted by Crippen LogP contribution is -2.47. The van der Waals surface area contributed by atoms with Crippen LogP contribution in [0.3, 0.4) is 0 Å². The van der Waals surface area contributed by atoms with Crippen molar-refractivity contribution in [3.05, 3.63) is 47.3 Å². The van der Waals surface area contributed by atoms with Crippen LogP contribution < -0.4 is 4.90 Å². The van der Waals surface area contributed by atoms with E-state index in [1.54, 1.807) is 0 Å². The van der Waals surface area contributed by atoms with Gasteiger partial charge in [-0.15, -0.1) is 0 Å².